The van der Waals surface area contributed by atoms with E-state index in [0.29, 0.717) is 17.4 Å². The van der Waals surface area contributed by atoms with Crippen molar-refractivity contribution >= 4 is 45.0 Å². The van der Waals surface area contributed by atoms with Gasteiger partial charge in [0.25, 0.3) is 5.91 Å². The van der Waals surface area contributed by atoms with Crippen LogP contribution in [0.1, 0.15) is 22.5 Å². The van der Waals surface area contributed by atoms with Gasteiger partial charge in [-0.3, -0.25) is 9.59 Å². The van der Waals surface area contributed by atoms with Crippen LogP contribution < -0.4 is 15.5 Å². The number of amides is 2. The first-order chi connectivity index (χ1) is 12.1. The van der Waals surface area contributed by atoms with Crippen molar-refractivity contribution in [2.24, 2.45) is 0 Å². The lowest BCUT2D eigenvalue weighted by molar-refractivity contribution is -0.120. The van der Waals surface area contributed by atoms with Gasteiger partial charge in [-0.1, -0.05) is 0 Å². The van der Waals surface area contributed by atoms with Crippen LogP contribution >= 0.6 is 27.3 Å². The number of nitrogens with zero attached hydrogens (tertiary/aromatic N) is 3. The summed E-state index contributed by atoms with van der Waals surface area (Å²) in [5, 5.41) is 5.62. The van der Waals surface area contributed by atoms with Gasteiger partial charge in [0.15, 0.2) is 0 Å². The molecule has 2 N–H and O–H groups in total. The van der Waals surface area contributed by atoms with Gasteiger partial charge in [-0.25, -0.2) is 9.97 Å². The fourth-order valence-electron chi connectivity index (χ4n) is 2.69. The Morgan fingerprint density at radius 3 is 2.84 bits per heavy atom. The molecule has 1 saturated heterocycles. The van der Waals surface area contributed by atoms with E-state index in [0.717, 1.165) is 23.2 Å². The molecule has 3 heterocycles. The summed E-state index contributed by atoms with van der Waals surface area (Å²) in [7, 11) is 0. The molecule has 0 aromatic carbocycles. The predicted octanol–water partition coefficient (Wildman–Crippen LogP) is 1.82. The lowest BCUT2D eigenvalue weighted by atomic mass is 10.1. The van der Waals surface area contributed by atoms with Crippen molar-refractivity contribution < 1.29 is 9.59 Å². The second kappa shape index (κ2) is 8.39. The first kappa shape index (κ1) is 17.8. The van der Waals surface area contributed by atoms with E-state index in [1.54, 1.807) is 24.5 Å². The van der Waals surface area contributed by atoms with Crippen molar-refractivity contribution in [1.82, 2.24) is 20.6 Å². The smallest absolute Gasteiger partial charge is 0.261 e. The van der Waals surface area contributed by atoms with Crippen LogP contribution in [0.3, 0.4) is 0 Å². The van der Waals surface area contributed by atoms with E-state index in [9.17, 15) is 9.59 Å². The van der Waals surface area contributed by atoms with E-state index in [1.807, 2.05) is 6.07 Å². The molecule has 1 unspecified atom stereocenters. The number of carbonyl (C=O) groups is 2. The molecule has 1 aliphatic rings. The van der Waals surface area contributed by atoms with Crippen LogP contribution in [0.25, 0.3) is 0 Å². The zero-order valence-corrected chi connectivity index (χ0v) is 15.8. The van der Waals surface area contributed by atoms with E-state index in [2.05, 4.69) is 41.4 Å². The van der Waals surface area contributed by atoms with Gasteiger partial charge in [-0.05, 0) is 47.0 Å². The molecule has 9 heteroatoms. The number of thiophene rings is 1. The molecule has 1 atom stereocenters. The summed E-state index contributed by atoms with van der Waals surface area (Å²) in [5.41, 5.74) is 0. The molecule has 0 bridgehead atoms. The minimum Gasteiger partial charge on any atom is -0.350 e. The number of hydrogen-bond donors (Lipinski definition) is 2. The van der Waals surface area contributed by atoms with Gasteiger partial charge in [0.1, 0.15) is 0 Å². The Morgan fingerprint density at radius 2 is 2.12 bits per heavy atom. The summed E-state index contributed by atoms with van der Waals surface area (Å²) in [4.78, 5) is 35.2. The lowest BCUT2D eigenvalue weighted by Crippen LogP contribution is -2.50. The molecule has 7 nitrogen and oxygen atoms in total. The molecule has 25 heavy (non-hydrogen) atoms. The van der Waals surface area contributed by atoms with Gasteiger partial charge in [0, 0.05) is 31.5 Å². The minimum atomic E-state index is -0.242. The number of aromatic nitrogens is 2. The van der Waals surface area contributed by atoms with Crippen LogP contribution in [0.5, 0.6) is 0 Å². The third-order valence-corrected chi connectivity index (χ3v) is 5.45. The van der Waals surface area contributed by atoms with E-state index in [4.69, 9.17) is 0 Å². The highest BCUT2D eigenvalue weighted by Crippen LogP contribution is 2.21. The van der Waals surface area contributed by atoms with Crippen LogP contribution in [0, 0.1) is 0 Å². The molecule has 1 aliphatic heterocycles. The Bertz CT molecular complexity index is 739. The Morgan fingerprint density at radius 1 is 1.32 bits per heavy atom. The van der Waals surface area contributed by atoms with E-state index < -0.39 is 0 Å². The standard InChI is InChI=1S/C16H18BrN5O2S/c17-13-5-4-12(25-13)15(24)20-9-14(23)21-11-3-1-8-22(10-11)16-18-6-2-7-19-16/h2,4-7,11H,1,3,8-10H2,(H,20,24)(H,21,23). The molecular formula is C16H18BrN5O2S. The molecule has 0 saturated carbocycles. The molecule has 0 spiro atoms. The summed E-state index contributed by atoms with van der Waals surface area (Å²) in [6, 6.07) is 5.34. The maximum absolute atomic E-state index is 12.1. The molecule has 2 aromatic rings. The third kappa shape index (κ3) is 4.99. The number of rotatable bonds is 5. The number of carbonyl (C=O) groups excluding carboxylic acids is 2. The lowest BCUT2D eigenvalue weighted by Gasteiger charge is -2.33. The van der Waals surface area contributed by atoms with Crippen LogP contribution in [0.2, 0.25) is 0 Å². The van der Waals surface area contributed by atoms with Crippen molar-refractivity contribution in [3.05, 3.63) is 39.3 Å². The first-order valence-electron chi connectivity index (χ1n) is 7.96. The summed E-state index contributed by atoms with van der Waals surface area (Å²) >= 11 is 4.65. The monoisotopic (exact) mass is 423 g/mol. The maximum atomic E-state index is 12.1. The van der Waals surface area contributed by atoms with Gasteiger partial charge in [0.2, 0.25) is 11.9 Å². The topological polar surface area (TPSA) is 87.2 Å². The van der Waals surface area contributed by atoms with Crippen molar-refractivity contribution in [3.63, 3.8) is 0 Å². The normalized spacial score (nSPS) is 17.2. The van der Waals surface area contributed by atoms with Crippen LogP contribution in [-0.2, 0) is 4.79 Å². The molecule has 3 rings (SSSR count). The molecule has 0 radical (unpaired) electrons. The highest BCUT2D eigenvalue weighted by Gasteiger charge is 2.23. The van der Waals surface area contributed by atoms with Gasteiger partial charge >= 0.3 is 0 Å². The van der Waals surface area contributed by atoms with Crippen LogP contribution in [-0.4, -0.2) is 47.5 Å². The highest BCUT2D eigenvalue weighted by atomic mass is 79.9. The average Bonchev–Trinajstić information content (AvgIpc) is 3.07. The van der Waals surface area contributed by atoms with E-state index in [1.165, 1.54) is 11.3 Å². The van der Waals surface area contributed by atoms with Crippen molar-refractivity contribution in [1.29, 1.82) is 0 Å². The third-order valence-electron chi connectivity index (χ3n) is 3.83. The number of nitrogens with one attached hydrogen (secondary N) is 2. The van der Waals surface area contributed by atoms with Crippen molar-refractivity contribution in [2.45, 2.75) is 18.9 Å². The minimum absolute atomic E-state index is 0.0258. The van der Waals surface area contributed by atoms with E-state index >= 15 is 0 Å². The van der Waals surface area contributed by atoms with Crippen LogP contribution in [0.15, 0.2) is 34.4 Å². The SMILES string of the molecule is O=C(CNC(=O)c1ccc(Br)s1)NC1CCCN(c2ncccn2)C1. The fourth-order valence-corrected chi connectivity index (χ4v) is 4.00. The quantitative estimate of drug-likeness (QED) is 0.765. The fraction of sp³-hybridized carbons (Fsp3) is 0.375. The molecule has 1 fully saturated rings. The van der Waals surface area contributed by atoms with Gasteiger partial charge < -0.3 is 15.5 Å². The number of halogens is 1. The van der Waals surface area contributed by atoms with Gasteiger partial charge in [-0.2, -0.15) is 0 Å². The van der Waals surface area contributed by atoms with Gasteiger partial charge in [0.05, 0.1) is 15.2 Å². The molecular weight excluding hydrogens is 406 g/mol. The Kier molecular flexibility index (Phi) is 5.98. The summed E-state index contributed by atoms with van der Waals surface area (Å²) in [5.74, 6) is 0.247. The zero-order valence-electron chi connectivity index (χ0n) is 13.4. The molecule has 132 valence electrons. The zero-order chi connectivity index (χ0) is 17.6. The second-order valence-corrected chi connectivity index (χ2v) is 8.15. The maximum Gasteiger partial charge on any atom is 0.261 e. The van der Waals surface area contributed by atoms with E-state index in [-0.39, 0.29) is 24.4 Å². The molecule has 2 aromatic heterocycles. The second-order valence-electron chi connectivity index (χ2n) is 5.69. The van der Waals surface area contributed by atoms with Crippen molar-refractivity contribution in [2.75, 3.05) is 24.5 Å². The Balaban J connectivity index is 1.47. The largest absolute Gasteiger partial charge is 0.350 e. The average molecular weight is 424 g/mol. The predicted molar refractivity (Wildman–Crippen MR) is 99.8 cm³/mol. The van der Waals surface area contributed by atoms with Crippen molar-refractivity contribution in [3.8, 4) is 0 Å². The first-order valence-corrected chi connectivity index (χ1v) is 9.57. The summed E-state index contributed by atoms with van der Waals surface area (Å²) in [6.45, 7) is 1.51. The Labute approximate surface area is 158 Å². The summed E-state index contributed by atoms with van der Waals surface area (Å²) < 4.78 is 0.882. The molecule has 0 aliphatic carbocycles. The highest BCUT2D eigenvalue weighted by molar-refractivity contribution is 9.11. The number of piperidine rings is 1. The van der Waals surface area contributed by atoms with Gasteiger partial charge in [-0.15, -0.1) is 11.3 Å². The Hall–Kier alpha value is -2.00. The molecule has 2 amide bonds. The number of hydrogen-bond acceptors (Lipinski definition) is 6. The van der Waals surface area contributed by atoms with Crippen LogP contribution in [0.4, 0.5) is 5.95 Å². The summed E-state index contributed by atoms with van der Waals surface area (Å²) in [6.07, 6.45) is 5.28. The number of anilines is 1.